The molecule has 1 atom stereocenters. The van der Waals surface area contributed by atoms with Crippen molar-refractivity contribution in [1.82, 2.24) is 19.3 Å². The lowest BCUT2D eigenvalue weighted by Gasteiger charge is -2.27. The van der Waals surface area contributed by atoms with Crippen molar-refractivity contribution in [3.63, 3.8) is 0 Å². The first-order valence-corrected chi connectivity index (χ1v) is 14.4. The Kier molecular flexibility index (Phi) is 5.99. The van der Waals surface area contributed by atoms with E-state index >= 15 is 0 Å². The van der Waals surface area contributed by atoms with Gasteiger partial charge in [0.15, 0.2) is 6.61 Å². The normalized spacial score (nSPS) is 18.5. The highest BCUT2D eigenvalue weighted by molar-refractivity contribution is 6.76. The molecule has 12 heteroatoms. The lowest BCUT2D eigenvalue weighted by atomic mass is 10.0. The van der Waals surface area contributed by atoms with E-state index in [0.717, 1.165) is 11.4 Å². The third-order valence-electron chi connectivity index (χ3n) is 5.72. The number of fused-ring (bicyclic) bond motifs is 2. The molecule has 0 N–H and O–H groups in total. The molecule has 0 saturated heterocycles. The molecule has 9 nitrogen and oxygen atoms in total. The van der Waals surface area contributed by atoms with Crippen molar-refractivity contribution >= 4 is 19.1 Å². The van der Waals surface area contributed by atoms with Crippen molar-refractivity contribution in [3.05, 3.63) is 40.2 Å². The summed E-state index contributed by atoms with van der Waals surface area (Å²) in [5.41, 5.74) is -0.806. The van der Waals surface area contributed by atoms with Crippen molar-refractivity contribution in [2.24, 2.45) is 0 Å². The molecule has 4 rings (SSSR count). The summed E-state index contributed by atoms with van der Waals surface area (Å²) in [5, 5.41) is 16.3. The summed E-state index contributed by atoms with van der Waals surface area (Å²) < 4.78 is 42.6. The van der Waals surface area contributed by atoms with Crippen molar-refractivity contribution in [3.8, 4) is 17.1 Å². The van der Waals surface area contributed by atoms with Gasteiger partial charge in [-0.05, 0) is 24.2 Å². The van der Waals surface area contributed by atoms with Crippen molar-refractivity contribution in [1.29, 1.82) is 0 Å². The molecular weight excluding hydrogens is 452 g/mol. The molecule has 0 saturated carbocycles. The zero-order valence-corrected chi connectivity index (χ0v) is 20.0. The molecule has 0 spiro atoms. The Morgan fingerprint density at radius 2 is 2.15 bits per heavy atom. The number of rotatable bonds is 8. The molecule has 0 fully saturated rings. The predicted molar refractivity (Wildman–Crippen MR) is 121 cm³/mol. The van der Waals surface area contributed by atoms with Crippen LogP contribution in [-0.2, 0) is 18.0 Å². The Morgan fingerprint density at radius 1 is 1.39 bits per heavy atom. The molecule has 33 heavy (non-hydrogen) atoms. The molecule has 0 unspecified atom stereocenters. The summed E-state index contributed by atoms with van der Waals surface area (Å²) in [6.45, 7) is 8.42. The number of nitro groups is 1. The quantitative estimate of drug-likeness (QED) is 0.203. The van der Waals surface area contributed by atoms with Gasteiger partial charge in [0.2, 0.25) is 5.88 Å². The number of alkyl halides is 2. The SMILES string of the molecule is C[C@@]1([N+](=O)[O-])COc2c(-c3cc4cccnc4n3COCC[Si](C)(C)C)c(C(F)F)nn2C1. The van der Waals surface area contributed by atoms with Gasteiger partial charge in [-0.1, -0.05) is 19.6 Å². The average molecular weight is 480 g/mol. The molecule has 0 radical (unpaired) electrons. The fourth-order valence-corrected chi connectivity index (χ4v) is 4.53. The molecule has 1 aliphatic rings. The second kappa shape index (κ2) is 8.49. The van der Waals surface area contributed by atoms with Gasteiger partial charge in [0.05, 0.1) is 11.3 Å². The molecule has 0 amide bonds. The van der Waals surface area contributed by atoms with Crippen LogP contribution in [0.25, 0.3) is 22.3 Å². The highest BCUT2D eigenvalue weighted by Gasteiger charge is 2.45. The highest BCUT2D eigenvalue weighted by atomic mass is 28.3. The van der Waals surface area contributed by atoms with Crippen LogP contribution in [0.1, 0.15) is 19.0 Å². The minimum atomic E-state index is -2.89. The van der Waals surface area contributed by atoms with E-state index in [1.807, 2.05) is 6.07 Å². The second-order valence-corrected chi connectivity index (χ2v) is 15.4. The molecule has 3 aromatic heterocycles. The van der Waals surface area contributed by atoms with E-state index in [1.165, 1.54) is 11.6 Å². The summed E-state index contributed by atoms with van der Waals surface area (Å²) >= 11 is 0. The number of ether oxygens (including phenoxy) is 2. The first-order valence-electron chi connectivity index (χ1n) is 10.7. The maximum atomic E-state index is 14.1. The van der Waals surface area contributed by atoms with Gasteiger partial charge in [-0.15, -0.1) is 0 Å². The monoisotopic (exact) mass is 479 g/mol. The number of pyridine rings is 1. The molecule has 0 aromatic carbocycles. The van der Waals surface area contributed by atoms with Gasteiger partial charge in [-0.25, -0.2) is 18.4 Å². The van der Waals surface area contributed by atoms with Crippen LogP contribution in [0.2, 0.25) is 25.7 Å². The fraction of sp³-hybridized carbons (Fsp3) is 0.524. The lowest BCUT2D eigenvalue weighted by Crippen LogP contribution is -2.48. The van der Waals surface area contributed by atoms with E-state index in [0.29, 0.717) is 17.9 Å². The Balaban J connectivity index is 1.79. The predicted octanol–water partition coefficient (Wildman–Crippen LogP) is 4.58. The maximum Gasteiger partial charge on any atom is 0.282 e. The van der Waals surface area contributed by atoms with Crippen molar-refractivity contribution < 1.29 is 23.2 Å². The first kappa shape index (κ1) is 23.3. The molecule has 4 heterocycles. The van der Waals surface area contributed by atoms with E-state index < -0.39 is 30.7 Å². The van der Waals surface area contributed by atoms with E-state index in [1.54, 1.807) is 22.9 Å². The second-order valence-electron chi connectivity index (χ2n) is 9.79. The Morgan fingerprint density at radius 3 is 2.82 bits per heavy atom. The van der Waals surface area contributed by atoms with Crippen LogP contribution in [0.4, 0.5) is 8.78 Å². The number of hydrogen-bond donors (Lipinski definition) is 0. The summed E-state index contributed by atoms with van der Waals surface area (Å²) in [6, 6.07) is 6.32. The van der Waals surface area contributed by atoms with Gasteiger partial charge in [-0.2, -0.15) is 5.10 Å². The molecule has 0 aliphatic carbocycles. The van der Waals surface area contributed by atoms with Gasteiger partial charge in [0.25, 0.3) is 12.0 Å². The van der Waals surface area contributed by atoms with E-state index in [4.69, 9.17) is 9.47 Å². The van der Waals surface area contributed by atoms with Gasteiger partial charge in [0, 0.05) is 38.1 Å². The van der Waals surface area contributed by atoms with Crippen molar-refractivity contribution in [2.45, 2.75) is 57.8 Å². The first-order chi connectivity index (χ1) is 15.5. The number of aromatic nitrogens is 4. The van der Waals surface area contributed by atoms with Gasteiger partial charge >= 0.3 is 0 Å². The number of halogens is 2. The highest BCUT2D eigenvalue weighted by Crippen LogP contribution is 2.42. The smallest absolute Gasteiger partial charge is 0.282 e. The number of nitrogens with zero attached hydrogens (tertiary/aromatic N) is 5. The van der Waals surface area contributed by atoms with E-state index in [-0.39, 0.29) is 31.3 Å². The largest absolute Gasteiger partial charge is 0.470 e. The zero-order valence-electron chi connectivity index (χ0n) is 19.0. The fourth-order valence-electron chi connectivity index (χ4n) is 3.77. The zero-order chi connectivity index (χ0) is 24.0. The van der Waals surface area contributed by atoms with Gasteiger partial charge in [-0.3, -0.25) is 10.1 Å². The summed E-state index contributed by atoms with van der Waals surface area (Å²) in [6.07, 6.45) is -1.26. The summed E-state index contributed by atoms with van der Waals surface area (Å²) in [4.78, 5) is 15.4. The maximum absolute atomic E-state index is 14.1. The lowest BCUT2D eigenvalue weighted by molar-refractivity contribution is -0.572. The molecule has 3 aromatic rings. The van der Waals surface area contributed by atoms with Crippen LogP contribution in [0.15, 0.2) is 24.4 Å². The van der Waals surface area contributed by atoms with Gasteiger partial charge < -0.3 is 14.0 Å². The third-order valence-corrected chi connectivity index (χ3v) is 7.42. The topological polar surface area (TPSA) is 97.2 Å². The molecule has 1 aliphatic heterocycles. The summed E-state index contributed by atoms with van der Waals surface area (Å²) in [5.74, 6) is 0.0933. The minimum absolute atomic E-state index is 0.0933. The Labute approximate surface area is 190 Å². The average Bonchev–Trinajstić information content (AvgIpc) is 3.28. The van der Waals surface area contributed by atoms with Crippen LogP contribution in [0.5, 0.6) is 5.88 Å². The Hall–Kier alpha value is -2.86. The van der Waals surface area contributed by atoms with Crippen LogP contribution in [-0.4, -0.2) is 51.1 Å². The Bertz CT molecular complexity index is 1190. The van der Waals surface area contributed by atoms with Gasteiger partial charge in [0.1, 0.15) is 24.6 Å². The molecular formula is C21H27F2N5O4Si. The van der Waals surface area contributed by atoms with E-state index in [9.17, 15) is 18.9 Å². The standard InChI is InChI=1S/C21H27F2N5O4Si/c1-21(28(29)30)11-27-20(32-12-21)16(17(25-27)18(22)23)15-10-14-6-5-7-24-19(14)26(15)13-31-8-9-33(2,3)4/h5-7,10,18H,8-9,11-13H2,1-4H3/t21-/m0/s1. The minimum Gasteiger partial charge on any atom is -0.470 e. The van der Waals surface area contributed by atoms with Crippen LogP contribution < -0.4 is 4.74 Å². The van der Waals surface area contributed by atoms with Crippen LogP contribution in [0, 0.1) is 10.1 Å². The van der Waals surface area contributed by atoms with Crippen molar-refractivity contribution in [2.75, 3.05) is 13.2 Å². The third kappa shape index (κ3) is 4.49. The van der Waals surface area contributed by atoms with E-state index in [2.05, 4.69) is 29.7 Å². The van der Waals surface area contributed by atoms with Crippen LogP contribution in [0.3, 0.4) is 0 Å². The molecule has 0 bridgehead atoms. The summed E-state index contributed by atoms with van der Waals surface area (Å²) in [7, 11) is -1.30. The molecule has 178 valence electrons. The number of hydrogen-bond acceptors (Lipinski definition) is 6. The van der Waals surface area contributed by atoms with Crippen LogP contribution >= 0.6 is 0 Å².